The van der Waals surface area contributed by atoms with Gasteiger partial charge in [0, 0.05) is 12.0 Å². The van der Waals surface area contributed by atoms with Crippen molar-refractivity contribution in [1.82, 2.24) is 5.32 Å². The maximum atomic E-state index is 11.8. The Bertz CT molecular complexity index is 169. The first-order valence-corrected chi connectivity index (χ1v) is 6.08. The fourth-order valence-electron chi connectivity index (χ4n) is 2.23. The molecule has 0 radical (unpaired) electrons. The summed E-state index contributed by atoms with van der Waals surface area (Å²) in [7, 11) is 0. The number of carbonyl (C=O) groups is 1. The molecule has 1 amide bonds. The molecule has 0 aromatic rings. The van der Waals surface area contributed by atoms with Crippen LogP contribution < -0.4 is 5.32 Å². The number of carbonyl (C=O) groups excluding carboxylic acids is 1. The predicted molar refractivity (Wildman–Crippen MR) is 59.1 cm³/mol. The molecule has 82 valence electrons. The van der Waals surface area contributed by atoms with Gasteiger partial charge in [0.05, 0.1) is 0 Å². The number of amides is 1. The maximum absolute atomic E-state index is 11.8. The Labute approximate surface area is 87.5 Å². The molecule has 1 aliphatic rings. The molecule has 2 nitrogen and oxygen atoms in total. The van der Waals surface area contributed by atoms with Gasteiger partial charge in [-0.3, -0.25) is 4.79 Å². The Hall–Kier alpha value is -0.530. The summed E-state index contributed by atoms with van der Waals surface area (Å²) in [5.41, 5.74) is 0. The lowest BCUT2D eigenvalue weighted by Crippen LogP contribution is -2.39. The molecule has 0 saturated heterocycles. The van der Waals surface area contributed by atoms with Crippen LogP contribution in [0.2, 0.25) is 0 Å². The third-order valence-corrected chi connectivity index (χ3v) is 3.31. The molecule has 1 N–H and O–H groups in total. The lowest BCUT2D eigenvalue weighted by atomic mass is 9.94. The SMILES string of the molecule is CCC(CC)C(=O)NC1CCCCC1. The molecular formula is C12H23NO. The fraction of sp³-hybridized carbons (Fsp3) is 0.917. The topological polar surface area (TPSA) is 29.1 Å². The van der Waals surface area contributed by atoms with E-state index in [0.717, 1.165) is 12.8 Å². The maximum Gasteiger partial charge on any atom is 0.223 e. The van der Waals surface area contributed by atoms with Gasteiger partial charge in [0.15, 0.2) is 0 Å². The molecule has 0 aromatic heterocycles. The van der Waals surface area contributed by atoms with Crippen molar-refractivity contribution in [3.63, 3.8) is 0 Å². The zero-order chi connectivity index (χ0) is 10.4. The van der Waals surface area contributed by atoms with E-state index in [-0.39, 0.29) is 11.8 Å². The smallest absolute Gasteiger partial charge is 0.223 e. The van der Waals surface area contributed by atoms with Crippen LogP contribution >= 0.6 is 0 Å². The predicted octanol–water partition coefficient (Wildman–Crippen LogP) is 2.87. The second-order valence-electron chi connectivity index (χ2n) is 4.36. The van der Waals surface area contributed by atoms with E-state index < -0.39 is 0 Å². The van der Waals surface area contributed by atoms with E-state index in [0.29, 0.717) is 6.04 Å². The molecule has 0 heterocycles. The van der Waals surface area contributed by atoms with E-state index in [2.05, 4.69) is 19.2 Å². The minimum absolute atomic E-state index is 0.233. The van der Waals surface area contributed by atoms with E-state index >= 15 is 0 Å². The highest BCUT2D eigenvalue weighted by Crippen LogP contribution is 2.18. The second-order valence-corrected chi connectivity index (χ2v) is 4.36. The highest BCUT2D eigenvalue weighted by atomic mass is 16.1. The third-order valence-electron chi connectivity index (χ3n) is 3.31. The minimum Gasteiger partial charge on any atom is -0.353 e. The van der Waals surface area contributed by atoms with E-state index in [4.69, 9.17) is 0 Å². The number of nitrogens with one attached hydrogen (secondary N) is 1. The van der Waals surface area contributed by atoms with E-state index in [1.165, 1.54) is 32.1 Å². The third kappa shape index (κ3) is 3.32. The Balaban J connectivity index is 2.30. The van der Waals surface area contributed by atoms with Crippen LogP contribution in [0.1, 0.15) is 58.8 Å². The molecule has 1 fully saturated rings. The van der Waals surface area contributed by atoms with Crippen LogP contribution in [0.3, 0.4) is 0 Å². The van der Waals surface area contributed by atoms with Crippen LogP contribution in [-0.4, -0.2) is 11.9 Å². The molecule has 0 spiro atoms. The molecule has 14 heavy (non-hydrogen) atoms. The standard InChI is InChI=1S/C12H23NO/c1-3-10(4-2)12(14)13-11-8-6-5-7-9-11/h10-11H,3-9H2,1-2H3,(H,13,14). The van der Waals surface area contributed by atoms with Crippen LogP contribution in [0.25, 0.3) is 0 Å². The van der Waals surface area contributed by atoms with Gasteiger partial charge in [0.2, 0.25) is 5.91 Å². The van der Waals surface area contributed by atoms with Crippen LogP contribution in [-0.2, 0) is 4.79 Å². The van der Waals surface area contributed by atoms with Crippen LogP contribution in [0.5, 0.6) is 0 Å². The average molecular weight is 197 g/mol. The summed E-state index contributed by atoms with van der Waals surface area (Å²) in [6.45, 7) is 4.18. The minimum atomic E-state index is 0.233. The second kappa shape index (κ2) is 6.05. The molecule has 1 saturated carbocycles. The molecule has 0 aliphatic heterocycles. The summed E-state index contributed by atoms with van der Waals surface area (Å²) >= 11 is 0. The number of hydrogen-bond donors (Lipinski definition) is 1. The first-order valence-electron chi connectivity index (χ1n) is 6.08. The Kier molecular flexibility index (Phi) is 4.99. The van der Waals surface area contributed by atoms with Crippen molar-refractivity contribution >= 4 is 5.91 Å². The quantitative estimate of drug-likeness (QED) is 0.737. The first kappa shape index (κ1) is 11.5. The Morgan fingerprint density at radius 3 is 2.29 bits per heavy atom. The summed E-state index contributed by atoms with van der Waals surface area (Å²) in [5, 5.41) is 3.18. The summed E-state index contributed by atoms with van der Waals surface area (Å²) in [5.74, 6) is 0.513. The van der Waals surface area contributed by atoms with Crippen molar-refractivity contribution in [2.45, 2.75) is 64.8 Å². The monoisotopic (exact) mass is 197 g/mol. The van der Waals surface area contributed by atoms with Crippen LogP contribution in [0.15, 0.2) is 0 Å². The van der Waals surface area contributed by atoms with E-state index in [1.54, 1.807) is 0 Å². The van der Waals surface area contributed by atoms with E-state index in [1.807, 2.05) is 0 Å². The summed E-state index contributed by atoms with van der Waals surface area (Å²) < 4.78 is 0. The van der Waals surface area contributed by atoms with Gasteiger partial charge in [0.1, 0.15) is 0 Å². The summed E-state index contributed by atoms with van der Waals surface area (Å²) in [6, 6.07) is 0.469. The zero-order valence-corrected chi connectivity index (χ0v) is 9.51. The lowest BCUT2D eigenvalue weighted by Gasteiger charge is -2.24. The zero-order valence-electron chi connectivity index (χ0n) is 9.51. The molecule has 1 aliphatic carbocycles. The first-order chi connectivity index (χ1) is 6.77. The highest BCUT2D eigenvalue weighted by Gasteiger charge is 2.19. The van der Waals surface area contributed by atoms with Gasteiger partial charge in [-0.25, -0.2) is 0 Å². The molecule has 2 heteroatoms. The van der Waals surface area contributed by atoms with Crippen LogP contribution in [0.4, 0.5) is 0 Å². The normalized spacial score (nSPS) is 18.5. The molecule has 0 bridgehead atoms. The Morgan fingerprint density at radius 1 is 1.21 bits per heavy atom. The van der Waals surface area contributed by atoms with Crippen LogP contribution in [0, 0.1) is 5.92 Å². The summed E-state index contributed by atoms with van der Waals surface area (Å²) in [6.07, 6.45) is 8.22. The largest absolute Gasteiger partial charge is 0.353 e. The van der Waals surface area contributed by atoms with Crippen molar-refractivity contribution in [3.05, 3.63) is 0 Å². The highest BCUT2D eigenvalue weighted by molar-refractivity contribution is 5.78. The molecular weight excluding hydrogens is 174 g/mol. The average Bonchev–Trinajstić information content (AvgIpc) is 2.21. The Morgan fingerprint density at radius 2 is 1.79 bits per heavy atom. The molecule has 0 atom stereocenters. The fourth-order valence-corrected chi connectivity index (χ4v) is 2.23. The number of rotatable bonds is 4. The van der Waals surface area contributed by atoms with Gasteiger partial charge >= 0.3 is 0 Å². The molecule has 0 unspecified atom stereocenters. The lowest BCUT2D eigenvalue weighted by molar-refractivity contribution is -0.126. The van der Waals surface area contributed by atoms with Crippen molar-refractivity contribution in [2.24, 2.45) is 5.92 Å². The van der Waals surface area contributed by atoms with Crippen molar-refractivity contribution in [1.29, 1.82) is 0 Å². The van der Waals surface area contributed by atoms with Crippen molar-refractivity contribution in [3.8, 4) is 0 Å². The van der Waals surface area contributed by atoms with Crippen molar-refractivity contribution in [2.75, 3.05) is 0 Å². The van der Waals surface area contributed by atoms with Crippen molar-refractivity contribution < 1.29 is 4.79 Å². The molecule has 1 rings (SSSR count). The summed E-state index contributed by atoms with van der Waals surface area (Å²) in [4.78, 5) is 11.8. The van der Waals surface area contributed by atoms with Gasteiger partial charge in [0.25, 0.3) is 0 Å². The van der Waals surface area contributed by atoms with Gasteiger partial charge in [-0.2, -0.15) is 0 Å². The van der Waals surface area contributed by atoms with Gasteiger partial charge in [-0.05, 0) is 25.7 Å². The van der Waals surface area contributed by atoms with E-state index in [9.17, 15) is 4.79 Å². The van der Waals surface area contributed by atoms with Gasteiger partial charge in [-0.15, -0.1) is 0 Å². The van der Waals surface area contributed by atoms with Gasteiger partial charge in [-0.1, -0.05) is 33.1 Å². The number of hydrogen-bond acceptors (Lipinski definition) is 1. The molecule has 0 aromatic carbocycles. The van der Waals surface area contributed by atoms with Gasteiger partial charge < -0.3 is 5.32 Å².